The highest BCUT2D eigenvalue weighted by Gasteiger charge is 2.22. The maximum absolute atomic E-state index is 12.3. The number of hydrogen-bond acceptors (Lipinski definition) is 4. The van der Waals surface area contributed by atoms with Gasteiger partial charge in [-0.25, -0.2) is 13.1 Å². The molecule has 0 aromatic heterocycles. The molecule has 0 amide bonds. The number of nitrogens with one attached hydrogen (secondary N) is 1. The summed E-state index contributed by atoms with van der Waals surface area (Å²) in [4.78, 5) is 0.0947. The molecule has 108 valence electrons. The van der Waals surface area contributed by atoms with Crippen LogP contribution in [0.25, 0.3) is 0 Å². The van der Waals surface area contributed by atoms with Gasteiger partial charge in [0.2, 0.25) is 10.0 Å². The van der Waals surface area contributed by atoms with Gasteiger partial charge in [0, 0.05) is 12.1 Å². The normalized spacial score (nSPS) is 13.1. The van der Waals surface area contributed by atoms with Crippen molar-refractivity contribution >= 4 is 10.0 Å². The number of rotatable bonds is 7. The average molecular weight is 287 g/mol. The van der Waals surface area contributed by atoms with Crippen molar-refractivity contribution in [2.75, 3.05) is 14.2 Å². The predicted octanol–water partition coefficient (Wildman–Crippen LogP) is 2.17. The first-order chi connectivity index (χ1) is 8.94. The van der Waals surface area contributed by atoms with Gasteiger partial charge in [-0.15, -0.1) is 0 Å². The Morgan fingerprint density at radius 2 is 1.95 bits per heavy atom. The van der Waals surface area contributed by atoms with Gasteiger partial charge >= 0.3 is 0 Å². The molecular weight excluding hydrogens is 266 g/mol. The van der Waals surface area contributed by atoms with Gasteiger partial charge in [-0.1, -0.05) is 13.3 Å². The summed E-state index contributed by atoms with van der Waals surface area (Å²) in [5.74, 6) is 0.779. The van der Waals surface area contributed by atoms with Crippen LogP contribution in [0.3, 0.4) is 0 Å². The summed E-state index contributed by atoms with van der Waals surface area (Å²) in [5.41, 5.74) is 0. The molecule has 0 unspecified atom stereocenters. The molecule has 5 nitrogen and oxygen atoms in total. The maximum Gasteiger partial charge on any atom is 0.244 e. The molecule has 0 aliphatic carbocycles. The summed E-state index contributed by atoms with van der Waals surface area (Å²) in [6.45, 7) is 3.85. The Morgan fingerprint density at radius 1 is 1.26 bits per heavy atom. The lowest BCUT2D eigenvalue weighted by Gasteiger charge is -2.15. The third kappa shape index (κ3) is 4.11. The second-order valence-electron chi connectivity index (χ2n) is 4.33. The van der Waals surface area contributed by atoms with Crippen LogP contribution in [-0.4, -0.2) is 28.7 Å². The number of hydrogen-bond donors (Lipinski definition) is 1. The van der Waals surface area contributed by atoms with E-state index in [0.29, 0.717) is 11.5 Å². The number of methoxy groups -OCH3 is 2. The Labute approximate surface area is 115 Å². The minimum Gasteiger partial charge on any atom is -0.497 e. The van der Waals surface area contributed by atoms with Crippen molar-refractivity contribution in [2.45, 2.75) is 37.6 Å². The minimum absolute atomic E-state index is 0.0947. The molecule has 0 saturated heterocycles. The molecule has 0 saturated carbocycles. The van der Waals surface area contributed by atoms with E-state index >= 15 is 0 Å². The largest absolute Gasteiger partial charge is 0.497 e. The fraction of sp³-hybridized carbons (Fsp3) is 0.538. The van der Waals surface area contributed by atoms with Crippen LogP contribution in [0.4, 0.5) is 0 Å². The van der Waals surface area contributed by atoms with Crippen molar-refractivity contribution in [3.63, 3.8) is 0 Å². The minimum atomic E-state index is -3.61. The van der Waals surface area contributed by atoms with Crippen LogP contribution in [0.5, 0.6) is 11.5 Å². The first kappa shape index (κ1) is 15.8. The summed E-state index contributed by atoms with van der Waals surface area (Å²) >= 11 is 0. The number of ether oxygens (including phenoxy) is 2. The van der Waals surface area contributed by atoms with Gasteiger partial charge in [0.25, 0.3) is 0 Å². The molecule has 1 rings (SSSR count). The lowest BCUT2D eigenvalue weighted by Crippen LogP contribution is -2.32. The smallest absolute Gasteiger partial charge is 0.244 e. The second-order valence-corrected chi connectivity index (χ2v) is 6.01. The third-order valence-electron chi connectivity index (χ3n) is 2.74. The molecule has 0 fully saturated rings. The Balaban J connectivity index is 3.11. The molecule has 1 aromatic carbocycles. The summed E-state index contributed by atoms with van der Waals surface area (Å²) in [7, 11) is -0.680. The highest BCUT2D eigenvalue weighted by molar-refractivity contribution is 7.89. The van der Waals surface area contributed by atoms with Crippen molar-refractivity contribution < 1.29 is 17.9 Å². The molecule has 0 heterocycles. The van der Waals surface area contributed by atoms with E-state index in [1.54, 1.807) is 12.1 Å². The molecule has 0 aliphatic heterocycles. The van der Waals surface area contributed by atoms with E-state index in [1.165, 1.54) is 20.3 Å². The van der Waals surface area contributed by atoms with E-state index < -0.39 is 10.0 Å². The van der Waals surface area contributed by atoms with Gasteiger partial charge in [0.15, 0.2) is 0 Å². The zero-order chi connectivity index (χ0) is 14.5. The van der Waals surface area contributed by atoms with Crippen molar-refractivity contribution in [2.24, 2.45) is 0 Å². The second kappa shape index (κ2) is 6.77. The van der Waals surface area contributed by atoms with Gasteiger partial charge in [0.1, 0.15) is 16.4 Å². The predicted molar refractivity (Wildman–Crippen MR) is 74.2 cm³/mol. The van der Waals surface area contributed by atoms with Gasteiger partial charge in [-0.2, -0.15) is 0 Å². The number of sulfonamides is 1. The first-order valence-corrected chi connectivity index (χ1v) is 7.67. The quantitative estimate of drug-likeness (QED) is 0.834. The highest BCUT2D eigenvalue weighted by atomic mass is 32.2. The molecule has 1 atom stereocenters. The standard InChI is InChI=1S/C13H21NO4S/c1-5-6-10(2)14-19(15,16)13-9-11(17-3)7-8-12(13)18-4/h7-10,14H,5-6H2,1-4H3/t10-/m1/s1. The van der Waals surface area contributed by atoms with Crippen molar-refractivity contribution in [1.29, 1.82) is 0 Å². The zero-order valence-electron chi connectivity index (χ0n) is 11.8. The molecule has 0 spiro atoms. The van der Waals surface area contributed by atoms with Crippen LogP contribution < -0.4 is 14.2 Å². The van der Waals surface area contributed by atoms with E-state index in [2.05, 4.69) is 4.72 Å². The van der Waals surface area contributed by atoms with Crippen LogP contribution >= 0.6 is 0 Å². The highest BCUT2D eigenvalue weighted by Crippen LogP contribution is 2.28. The molecule has 19 heavy (non-hydrogen) atoms. The van der Waals surface area contributed by atoms with E-state index in [-0.39, 0.29) is 10.9 Å². The Morgan fingerprint density at radius 3 is 2.47 bits per heavy atom. The van der Waals surface area contributed by atoms with Crippen LogP contribution in [0.1, 0.15) is 26.7 Å². The monoisotopic (exact) mass is 287 g/mol. The Bertz CT molecular complexity index is 513. The van der Waals surface area contributed by atoms with E-state index in [0.717, 1.165) is 12.8 Å². The van der Waals surface area contributed by atoms with Gasteiger partial charge < -0.3 is 9.47 Å². The summed E-state index contributed by atoms with van der Waals surface area (Å²) < 4.78 is 37.4. The lowest BCUT2D eigenvalue weighted by atomic mass is 10.2. The van der Waals surface area contributed by atoms with Gasteiger partial charge in [-0.05, 0) is 25.5 Å². The first-order valence-electron chi connectivity index (χ1n) is 6.19. The SMILES string of the molecule is CCC[C@@H](C)NS(=O)(=O)c1cc(OC)ccc1OC. The topological polar surface area (TPSA) is 64.6 Å². The average Bonchev–Trinajstić information content (AvgIpc) is 2.37. The molecule has 1 N–H and O–H groups in total. The lowest BCUT2D eigenvalue weighted by molar-refractivity contribution is 0.391. The maximum atomic E-state index is 12.3. The fourth-order valence-corrected chi connectivity index (χ4v) is 3.28. The third-order valence-corrected chi connectivity index (χ3v) is 4.35. The van der Waals surface area contributed by atoms with Gasteiger partial charge in [0.05, 0.1) is 14.2 Å². The molecule has 1 aromatic rings. The van der Waals surface area contributed by atoms with Crippen molar-refractivity contribution in [3.05, 3.63) is 18.2 Å². The molecule has 0 aliphatic rings. The molecule has 0 radical (unpaired) electrons. The van der Waals surface area contributed by atoms with Gasteiger partial charge in [-0.3, -0.25) is 0 Å². The Hall–Kier alpha value is -1.27. The fourth-order valence-electron chi connectivity index (χ4n) is 1.81. The van der Waals surface area contributed by atoms with Crippen molar-refractivity contribution in [1.82, 2.24) is 4.72 Å². The zero-order valence-corrected chi connectivity index (χ0v) is 12.6. The van der Waals surface area contributed by atoms with Crippen LogP contribution in [-0.2, 0) is 10.0 Å². The summed E-state index contributed by atoms with van der Waals surface area (Å²) in [6, 6.07) is 4.58. The van der Waals surface area contributed by atoms with E-state index in [4.69, 9.17) is 9.47 Å². The molecule has 6 heteroatoms. The van der Waals surface area contributed by atoms with Crippen LogP contribution in [0, 0.1) is 0 Å². The van der Waals surface area contributed by atoms with Crippen LogP contribution in [0.15, 0.2) is 23.1 Å². The van der Waals surface area contributed by atoms with E-state index in [1.807, 2.05) is 13.8 Å². The van der Waals surface area contributed by atoms with Crippen LogP contribution in [0.2, 0.25) is 0 Å². The molecule has 0 bridgehead atoms. The Kier molecular flexibility index (Phi) is 5.62. The van der Waals surface area contributed by atoms with E-state index in [9.17, 15) is 8.42 Å². The molecular formula is C13H21NO4S. The van der Waals surface area contributed by atoms with Crippen molar-refractivity contribution in [3.8, 4) is 11.5 Å². The summed E-state index contributed by atoms with van der Waals surface area (Å²) in [5, 5.41) is 0. The summed E-state index contributed by atoms with van der Waals surface area (Å²) in [6.07, 6.45) is 1.70. The number of benzene rings is 1.